The van der Waals surface area contributed by atoms with Crippen molar-refractivity contribution in [3.8, 4) is 11.1 Å². The zero-order chi connectivity index (χ0) is 34.7. The quantitative estimate of drug-likeness (QED) is 0.172. The summed E-state index contributed by atoms with van der Waals surface area (Å²) in [5.41, 5.74) is 12.4. The van der Waals surface area contributed by atoms with Crippen molar-refractivity contribution in [3.05, 3.63) is 234 Å². The van der Waals surface area contributed by atoms with Crippen LogP contribution in [0.3, 0.4) is 0 Å². The molecule has 5 atom stereocenters. The van der Waals surface area contributed by atoms with E-state index in [0.717, 1.165) is 5.69 Å². The first kappa shape index (κ1) is 31.2. The SMILES string of the molecule is CC12C=C(N(c3ccccc3)c3ccccc3-c3ccccc3)C=CC1Sc1cccc(C3(c4ccccc4)c4ccccc4C4C=CC=CC43)c12. The molecule has 0 saturated carbocycles. The van der Waals surface area contributed by atoms with Gasteiger partial charge in [-0.2, -0.15) is 0 Å². The number of anilines is 2. The Labute approximate surface area is 311 Å². The van der Waals surface area contributed by atoms with Crippen molar-refractivity contribution >= 4 is 23.1 Å². The van der Waals surface area contributed by atoms with Gasteiger partial charge in [0, 0.05) is 44.3 Å². The highest BCUT2D eigenvalue weighted by Crippen LogP contribution is 2.64. The van der Waals surface area contributed by atoms with E-state index in [1.807, 2.05) is 11.8 Å². The molecule has 0 saturated heterocycles. The van der Waals surface area contributed by atoms with Crippen LogP contribution < -0.4 is 4.90 Å². The summed E-state index contributed by atoms with van der Waals surface area (Å²) in [7, 11) is 0. The number of hydrogen-bond donors (Lipinski definition) is 0. The Morgan fingerprint density at radius 1 is 0.596 bits per heavy atom. The van der Waals surface area contributed by atoms with E-state index in [1.165, 1.54) is 55.2 Å². The third kappa shape index (κ3) is 4.57. The van der Waals surface area contributed by atoms with Crippen LogP contribution in [0, 0.1) is 5.92 Å². The summed E-state index contributed by atoms with van der Waals surface area (Å²) in [4.78, 5) is 3.85. The smallest absolute Gasteiger partial charge is 0.0539 e. The van der Waals surface area contributed by atoms with Gasteiger partial charge in [-0.15, -0.1) is 11.8 Å². The van der Waals surface area contributed by atoms with Gasteiger partial charge >= 0.3 is 0 Å². The summed E-state index contributed by atoms with van der Waals surface area (Å²) in [6.45, 7) is 2.49. The van der Waals surface area contributed by atoms with Crippen molar-refractivity contribution in [1.29, 1.82) is 0 Å². The van der Waals surface area contributed by atoms with Gasteiger partial charge in [0.1, 0.15) is 0 Å². The van der Waals surface area contributed by atoms with Gasteiger partial charge in [0.25, 0.3) is 0 Å². The van der Waals surface area contributed by atoms with Crippen molar-refractivity contribution in [3.63, 3.8) is 0 Å². The minimum atomic E-state index is -0.345. The summed E-state index contributed by atoms with van der Waals surface area (Å²) in [6, 6.07) is 58.2. The molecule has 52 heavy (non-hydrogen) atoms. The van der Waals surface area contributed by atoms with Gasteiger partial charge in [0.05, 0.1) is 11.1 Å². The number of rotatable bonds is 6. The number of benzene rings is 6. The molecule has 2 heteroatoms. The highest BCUT2D eigenvalue weighted by atomic mass is 32.2. The average molecular weight is 686 g/mol. The summed E-state index contributed by atoms with van der Waals surface area (Å²) in [5, 5.41) is 0.274. The second-order valence-corrected chi connectivity index (χ2v) is 15.7. The Kier molecular flexibility index (Phi) is 7.37. The number of allylic oxidation sites excluding steroid dienone is 6. The molecule has 1 aliphatic heterocycles. The molecule has 0 fully saturated rings. The maximum atomic E-state index is 2.59. The number of hydrogen-bond acceptors (Lipinski definition) is 2. The van der Waals surface area contributed by atoms with Crippen LogP contribution >= 0.6 is 11.8 Å². The van der Waals surface area contributed by atoms with Crippen LogP contribution in [0.1, 0.15) is 40.7 Å². The maximum absolute atomic E-state index is 2.59. The number of para-hydroxylation sites is 2. The Hall–Kier alpha value is -5.57. The molecule has 3 aliphatic carbocycles. The van der Waals surface area contributed by atoms with Crippen LogP contribution in [-0.2, 0) is 10.8 Å². The lowest BCUT2D eigenvalue weighted by Gasteiger charge is -2.43. The third-order valence-corrected chi connectivity index (χ3v) is 13.3. The Bertz CT molecular complexity index is 2420. The fourth-order valence-corrected chi connectivity index (χ4v) is 11.2. The molecule has 1 heterocycles. The molecule has 0 amide bonds. The highest BCUT2D eigenvalue weighted by Gasteiger charge is 2.56. The predicted molar refractivity (Wildman–Crippen MR) is 218 cm³/mol. The van der Waals surface area contributed by atoms with Crippen molar-refractivity contribution in [1.82, 2.24) is 0 Å². The van der Waals surface area contributed by atoms with Crippen molar-refractivity contribution in [2.75, 3.05) is 4.90 Å². The molecule has 0 N–H and O–H groups in total. The zero-order valence-electron chi connectivity index (χ0n) is 29.1. The van der Waals surface area contributed by atoms with Gasteiger partial charge < -0.3 is 4.90 Å². The lowest BCUT2D eigenvalue weighted by Crippen LogP contribution is -2.40. The summed E-state index contributed by atoms with van der Waals surface area (Å²) >= 11 is 2.02. The van der Waals surface area contributed by atoms with Crippen molar-refractivity contribution in [2.45, 2.75) is 33.8 Å². The summed E-state index contributed by atoms with van der Waals surface area (Å²) in [6.07, 6.45) is 16.8. The lowest BCUT2D eigenvalue weighted by molar-refractivity contribution is 0.445. The van der Waals surface area contributed by atoms with Crippen LogP contribution in [0.15, 0.2) is 211 Å². The van der Waals surface area contributed by atoms with Crippen LogP contribution in [-0.4, -0.2) is 5.25 Å². The molecule has 4 aliphatic rings. The Balaban J connectivity index is 1.21. The number of thioether (sulfide) groups is 1. The molecular formula is C50H39NS. The first-order chi connectivity index (χ1) is 25.7. The van der Waals surface area contributed by atoms with E-state index in [2.05, 4.69) is 212 Å². The predicted octanol–water partition coefficient (Wildman–Crippen LogP) is 12.6. The fraction of sp³-hybridized carbons (Fsp3) is 0.120. The highest BCUT2D eigenvalue weighted by molar-refractivity contribution is 8.00. The first-order valence-electron chi connectivity index (χ1n) is 18.4. The molecule has 0 bridgehead atoms. The topological polar surface area (TPSA) is 3.24 Å². The van der Waals surface area contributed by atoms with Crippen LogP contribution in [0.5, 0.6) is 0 Å². The Morgan fingerprint density at radius 3 is 2.10 bits per heavy atom. The van der Waals surface area contributed by atoms with Gasteiger partial charge in [-0.1, -0.05) is 171 Å². The van der Waals surface area contributed by atoms with Gasteiger partial charge in [-0.25, -0.2) is 0 Å². The second kappa shape index (κ2) is 12.3. The normalized spacial score (nSPS) is 24.8. The summed E-state index contributed by atoms with van der Waals surface area (Å²) in [5.74, 6) is 0.577. The monoisotopic (exact) mass is 685 g/mol. The summed E-state index contributed by atoms with van der Waals surface area (Å²) < 4.78 is 0. The van der Waals surface area contributed by atoms with E-state index < -0.39 is 0 Å². The molecular weight excluding hydrogens is 647 g/mol. The standard InChI is InChI=1S/C50H39NS/c1-49-34-38(51(37-22-9-4-10-23-37)45-30-16-13-24-39(45)35-18-5-2-6-19-35)32-33-47(49)52-46-31-17-29-44(48(46)49)50(36-20-7-3-8-21-36)42-27-14-11-25-40(42)41-26-12-15-28-43(41)50/h2-34,40,42,47H,1H3. The van der Waals surface area contributed by atoms with Crippen molar-refractivity contribution < 1.29 is 0 Å². The molecule has 250 valence electrons. The largest absolute Gasteiger partial charge is 0.310 e. The third-order valence-electron chi connectivity index (χ3n) is 11.8. The van der Waals surface area contributed by atoms with Gasteiger partial charge in [-0.3, -0.25) is 0 Å². The lowest BCUT2D eigenvalue weighted by atomic mass is 9.59. The van der Waals surface area contributed by atoms with Crippen molar-refractivity contribution in [2.24, 2.45) is 5.92 Å². The van der Waals surface area contributed by atoms with E-state index in [1.54, 1.807) is 0 Å². The van der Waals surface area contributed by atoms with Gasteiger partial charge in [-0.05, 0) is 69.8 Å². The minimum absolute atomic E-state index is 0.262. The van der Waals surface area contributed by atoms with E-state index in [0.29, 0.717) is 5.92 Å². The molecule has 0 aromatic heterocycles. The zero-order valence-corrected chi connectivity index (χ0v) is 30.0. The number of nitrogens with zero attached hydrogens (tertiary/aromatic N) is 1. The van der Waals surface area contributed by atoms with Crippen LogP contribution in [0.2, 0.25) is 0 Å². The van der Waals surface area contributed by atoms with E-state index in [4.69, 9.17) is 0 Å². The maximum Gasteiger partial charge on any atom is 0.0539 e. The molecule has 0 radical (unpaired) electrons. The van der Waals surface area contributed by atoms with Crippen LogP contribution in [0.4, 0.5) is 11.4 Å². The molecule has 5 unspecified atom stereocenters. The average Bonchev–Trinajstić information content (AvgIpc) is 3.69. The number of fused-ring (bicyclic) bond motifs is 6. The van der Waals surface area contributed by atoms with E-state index in [9.17, 15) is 0 Å². The van der Waals surface area contributed by atoms with Crippen LogP contribution in [0.25, 0.3) is 11.1 Å². The minimum Gasteiger partial charge on any atom is -0.310 e. The van der Waals surface area contributed by atoms with E-state index in [-0.39, 0.29) is 22.0 Å². The molecule has 1 nitrogen and oxygen atoms in total. The molecule has 6 aromatic rings. The molecule has 6 aromatic carbocycles. The first-order valence-corrected chi connectivity index (χ1v) is 19.3. The Morgan fingerprint density at radius 2 is 1.27 bits per heavy atom. The molecule has 10 rings (SSSR count). The van der Waals surface area contributed by atoms with Gasteiger partial charge in [0.2, 0.25) is 0 Å². The van der Waals surface area contributed by atoms with Gasteiger partial charge in [0.15, 0.2) is 0 Å². The second-order valence-electron chi connectivity index (χ2n) is 14.6. The van der Waals surface area contributed by atoms with E-state index >= 15 is 0 Å². The fourth-order valence-electron chi connectivity index (χ4n) is 9.70. The molecule has 0 spiro atoms.